The highest BCUT2D eigenvalue weighted by atomic mass is 16.5. The molecule has 6 nitrogen and oxygen atoms in total. The quantitative estimate of drug-likeness (QED) is 0.599. The van der Waals surface area contributed by atoms with Crippen molar-refractivity contribution in [2.24, 2.45) is 11.8 Å². The van der Waals surface area contributed by atoms with E-state index in [2.05, 4.69) is 29.4 Å². The predicted octanol–water partition coefficient (Wildman–Crippen LogP) is 3.38. The molecular weight excluding hydrogens is 354 g/mol. The summed E-state index contributed by atoms with van der Waals surface area (Å²) in [6.07, 6.45) is 2.87. The monoisotopic (exact) mass is 391 g/mol. The Kier molecular flexibility index (Phi) is 9.06. The Bertz CT molecular complexity index is 613. The normalized spacial score (nSPS) is 21.2. The molecule has 1 aromatic rings. The van der Waals surface area contributed by atoms with Crippen molar-refractivity contribution in [3.8, 4) is 11.5 Å². The van der Waals surface area contributed by atoms with Crippen LogP contribution in [-0.2, 0) is 4.79 Å². The Morgan fingerprint density at radius 3 is 2.57 bits per heavy atom. The van der Waals surface area contributed by atoms with Gasteiger partial charge >= 0.3 is 0 Å². The number of benzene rings is 1. The lowest BCUT2D eigenvalue weighted by molar-refractivity contribution is -0.116. The van der Waals surface area contributed by atoms with Crippen molar-refractivity contribution in [1.82, 2.24) is 10.2 Å². The average Bonchev–Trinajstić information content (AvgIpc) is 2.64. The lowest BCUT2D eigenvalue weighted by atomic mass is 9.92. The molecule has 0 bridgehead atoms. The van der Waals surface area contributed by atoms with Crippen molar-refractivity contribution < 1.29 is 14.3 Å². The second-order valence-electron chi connectivity index (χ2n) is 8.23. The third kappa shape index (κ3) is 7.32. The van der Waals surface area contributed by atoms with E-state index in [1.807, 2.05) is 13.0 Å². The summed E-state index contributed by atoms with van der Waals surface area (Å²) in [4.78, 5) is 15.0. The van der Waals surface area contributed by atoms with Crippen molar-refractivity contribution in [2.45, 2.75) is 46.1 Å². The van der Waals surface area contributed by atoms with E-state index in [1.165, 1.54) is 19.5 Å². The topological polar surface area (TPSA) is 62.8 Å². The molecule has 1 heterocycles. The molecule has 1 aromatic carbocycles. The van der Waals surface area contributed by atoms with Crippen LogP contribution in [0.15, 0.2) is 18.2 Å². The molecule has 2 N–H and O–H groups in total. The van der Waals surface area contributed by atoms with E-state index >= 15 is 0 Å². The Hall–Kier alpha value is -1.79. The summed E-state index contributed by atoms with van der Waals surface area (Å²) in [5, 5.41) is 6.40. The smallest absolute Gasteiger partial charge is 0.226 e. The molecule has 1 aliphatic heterocycles. The van der Waals surface area contributed by atoms with Crippen molar-refractivity contribution in [2.75, 3.05) is 45.7 Å². The molecule has 0 saturated carbocycles. The second kappa shape index (κ2) is 11.3. The lowest BCUT2D eigenvalue weighted by Gasteiger charge is -2.35. The Morgan fingerprint density at radius 1 is 1.21 bits per heavy atom. The zero-order chi connectivity index (χ0) is 20.5. The first kappa shape index (κ1) is 22.5. The number of carbonyl (C=O) groups excluding carboxylic acids is 1. The van der Waals surface area contributed by atoms with Crippen molar-refractivity contribution in [3.63, 3.8) is 0 Å². The summed E-state index contributed by atoms with van der Waals surface area (Å²) in [6, 6.07) is 5.49. The number of likely N-dealkylation sites (tertiary alicyclic amines) is 1. The Labute approximate surface area is 170 Å². The molecule has 3 unspecified atom stereocenters. The minimum absolute atomic E-state index is 0.0368. The number of nitrogens with one attached hydrogen (secondary N) is 2. The first-order valence-corrected chi connectivity index (χ1v) is 10.4. The molecule has 6 heteroatoms. The summed E-state index contributed by atoms with van der Waals surface area (Å²) >= 11 is 0. The fourth-order valence-corrected chi connectivity index (χ4v) is 4.09. The van der Waals surface area contributed by atoms with Gasteiger partial charge in [0.2, 0.25) is 5.91 Å². The fraction of sp³-hybridized carbons (Fsp3) is 0.682. The van der Waals surface area contributed by atoms with Crippen molar-refractivity contribution in [3.05, 3.63) is 18.2 Å². The van der Waals surface area contributed by atoms with E-state index in [9.17, 15) is 4.79 Å². The zero-order valence-electron chi connectivity index (χ0n) is 18.1. The van der Waals surface area contributed by atoms with Crippen LogP contribution in [0, 0.1) is 11.8 Å². The minimum atomic E-state index is -0.0368. The van der Waals surface area contributed by atoms with Crippen molar-refractivity contribution >= 4 is 11.6 Å². The largest absolute Gasteiger partial charge is 0.497 e. The fourth-order valence-electron chi connectivity index (χ4n) is 4.09. The molecule has 0 aromatic heterocycles. The third-order valence-electron chi connectivity index (χ3n) is 5.26. The lowest BCUT2D eigenvalue weighted by Crippen LogP contribution is -2.40. The van der Waals surface area contributed by atoms with Gasteiger partial charge in [-0.05, 0) is 56.8 Å². The second-order valence-corrected chi connectivity index (χ2v) is 8.23. The number of hydrogen-bond donors (Lipinski definition) is 2. The number of methoxy groups -OCH3 is 2. The van der Waals surface area contributed by atoms with Crippen LogP contribution in [0.2, 0.25) is 0 Å². The molecule has 0 radical (unpaired) electrons. The summed E-state index contributed by atoms with van der Waals surface area (Å²) in [5.41, 5.74) is 0.632. The average molecular weight is 392 g/mol. The van der Waals surface area contributed by atoms with E-state index in [0.717, 1.165) is 31.3 Å². The van der Waals surface area contributed by atoms with Crippen LogP contribution < -0.4 is 20.1 Å². The first-order valence-electron chi connectivity index (χ1n) is 10.4. The number of anilines is 1. The highest BCUT2D eigenvalue weighted by molar-refractivity contribution is 5.92. The molecule has 28 heavy (non-hydrogen) atoms. The molecule has 2 rings (SSSR count). The molecule has 0 aliphatic carbocycles. The van der Waals surface area contributed by atoms with Gasteiger partial charge in [-0.3, -0.25) is 4.79 Å². The number of carbonyl (C=O) groups is 1. The van der Waals surface area contributed by atoms with E-state index in [0.29, 0.717) is 23.6 Å². The number of amides is 1. The number of piperidine rings is 1. The van der Waals surface area contributed by atoms with Gasteiger partial charge in [-0.25, -0.2) is 0 Å². The van der Waals surface area contributed by atoms with Gasteiger partial charge in [0.25, 0.3) is 0 Å². The van der Waals surface area contributed by atoms with E-state index < -0.39 is 0 Å². The Balaban J connectivity index is 1.70. The summed E-state index contributed by atoms with van der Waals surface area (Å²) in [6.45, 7) is 11.2. The summed E-state index contributed by atoms with van der Waals surface area (Å²) in [5.74, 6) is 2.87. The first-order chi connectivity index (χ1) is 13.4. The van der Waals surface area contributed by atoms with Gasteiger partial charge in [-0.15, -0.1) is 0 Å². The number of ether oxygens (including phenoxy) is 2. The van der Waals surface area contributed by atoms with E-state index in [4.69, 9.17) is 9.47 Å². The van der Waals surface area contributed by atoms with Crippen LogP contribution in [-0.4, -0.2) is 57.2 Å². The molecule has 1 amide bonds. The third-order valence-corrected chi connectivity index (χ3v) is 5.26. The standard InChI is InChI=1S/C22H37N3O3/c1-16-11-17(2)15-25(14-16)10-6-9-23-18(3)12-22(26)24-20-13-19(27-4)7-8-21(20)28-5/h7-8,13,16-18,23H,6,9-12,14-15H2,1-5H3,(H,24,26). The number of hydrogen-bond acceptors (Lipinski definition) is 5. The van der Waals surface area contributed by atoms with E-state index in [-0.39, 0.29) is 11.9 Å². The van der Waals surface area contributed by atoms with Crippen LogP contribution in [0.5, 0.6) is 11.5 Å². The molecule has 3 atom stereocenters. The number of rotatable bonds is 10. The SMILES string of the molecule is COc1ccc(OC)c(NC(=O)CC(C)NCCCN2CC(C)CC(C)C2)c1. The van der Waals surface area contributed by atoms with Crippen LogP contribution >= 0.6 is 0 Å². The van der Waals surface area contributed by atoms with Gasteiger partial charge in [0.15, 0.2) is 0 Å². The maximum Gasteiger partial charge on any atom is 0.226 e. The molecular formula is C22H37N3O3. The summed E-state index contributed by atoms with van der Waals surface area (Å²) < 4.78 is 10.5. The number of nitrogens with zero attached hydrogens (tertiary/aromatic N) is 1. The minimum Gasteiger partial charge on any atom is -0.497 e. The highest BCUT2D eigenvalue weighted by Crippen LogP contribution is 2.29. The maximum atomic E-state index is 12.4. The van der Waals surface area contributed by atoms with Gasteiger partial charge in [-0.1, -0.05) is 13.8 Å². The molecule has 1 fully saturated rings. The van der Waals surface area contributed by atoms with Gasteiger partial charge in [0.1, 0.15) is 11.5 Å². The predicted molar refractivity (Wildman–Crippen MR) is 114 cm³/mol. The van der Waals surface area contributed by atoms with Crippen molar-refractivity contribution in [1.29, 1.82) is 0 Å². The zero-order valence-corrected chi connectivity index (χ0v) is 18.1. The van der Waals surface area contributed by atoms with Crippen LogP contribution in [0.4, 0.5) is 5.69 Å². The molecule has 1 saturated heterocycles. The van der Waals surface area contributed by atoms with Gasteiger partial charge in [-0.2, -0.15) is 0 Å². The van der Waals surface area contributed by atoms with Gasteiger partial charge in [0.05, 0.1) is 19.9 Å². The van der Waals surface area contributed by atoms with E-state index in [1.54, 1.807) is 26.4 Å². The molecule has 158 valence electrons. The maximum absolute atomic E-state index is 12.4. The van der Waals surface area contributed by atoms with Crippen LogP contribution in [0.3, 0.4) is 0 Å². The summed E-state index contributed by atoms with van der Waals surface area (Å²) in [7, 11) is 3.19. The highest BCUT2D eigenvalue weighted by Gasteiger charge is 2.21. The van der Waals surface area contributed by atoms with Crippen LogP contribution in [0.1, 0.15) is 40.0 Å². The molecule has 0 spiro atoms. The molecule has 1 aliphatic rings. The van der Waals surface area contributed by atoms with Gasteiger partial charge < -0.3 is 25.0 Å². The Morgan fingerprint density at radius 2 is 1.93 bits per heavy atom. The van der Waals surface area contributed by atoms with Gasteiger partial charge in [0, 0.05) is 31.6 Å². The van der Waals surface area contributed by atoms with Crippen LogP contribution in [0.25, 0.3) is 0 Å².